The molecule has 0 radical (unpaired) electrons. The van der Waals surface area contributed by atoms with Crippen molar-refractivity contribution in [2.75, 3.05) is 45.7 Å². The Morgan fingerprint density at radius 1 is 1.00 bits per heavy atom. The molecule has 2 aliphatic rings. The normalized spacial score (nSPS) is 17.1. The van der Waals surface area contributed by atoms with Gasteiger partial charge in [-0.05, 0) is 99.5 Å². The quantitative estimate of drug-likeness (QED) is 0.125. The van der Waals surface area contributed by atoms with Crippen molar-refractivity contribution in [3.8, 4) is 22.6 Å². The third-order valence-corrected chi connectivity index (χ3v) is 10.3. The van der Waals surface area contributed by atoms with Crippen LogP contribution in [0.3, 0.4) is 0 Å². The molecule has 12 heteroatoms. The number of H-pyrrole nitrogens is 1. The first kappa shape index (κ1) is 35.8. The maximum absolute atomic E-state index is 12.7. The molecule has 1 atom stereocenters. The van der Waals surface area contributed by atoms with Crippen LogP contribution in [0.2, 0.25) is 0 Å². The lowest BCUT2D eigenvalue weighted by Crippen LogP contribution is -2.36. The first-order chi connectivity index (χ1) is 24.7. The van der Waals surface area contributed by atoms with Gasteiger partial charge in [0.05, 0.1) is 32.9 Å². The fourth-order valence-electron chi connectivity index (χ4n) is 7.38. The molecule has 1 saturated carbocycles. The highest BCUT2D eigenvalue weighted by Crippen LogP contribution is 2.38. The van der Waals surface area contributed by atoms with E-state index >= 15 is 0 Å². The summed E-state index contributed by atoms with van der Waals surface area (Å²) in [5, 5.41) is 14.0. The molecule has 3 heterocycles. The molecule has 2 fully saturated rings. The highest BCUT2D eigenvalue weighted by atomic mass is 16.5. The number of anilines is 1. The van der Waals surface area contributed by atoms with Gasteiger partial charge in [0, 0.05) is 54.8 Å². The number of carbonyl (C=O) groups is 3. The van der Waals surface area contributed by atoms with Crippen molar-refractivity contribution in [3.63, 3.8) is 0 Å². The van der Waals surface area contributed by atoms with Crippen LogP contribution in [0.5, 0.6) is 11.5 Å². The Labute approximate surface area is 297 Å². The number of rotatable bonds is 14. The van der Waals surface area contributed by atoms with E-state index in [2.05, 4.69) is 37.9 Å². The Kier molecular flexibility index (Phi) is 11.5. The summed E-state index contributed by atoms with van der Waals surface area (Å²) in [6.07, 6.45) is 9.27. The molecule has 1 aliphatic carbocycles. The number of methoxy groups -OCH3 is 2. The summed E-state index contributed by atoms with van der Waals surface area (Å²) in [5.74, 6) is 1.91. The van der Waals surface area contributed by atoms with Crippen LogP contribution in [0, 0.1) is 0 Å². The predicted molar refractivity (Wildman–Crippen MR) is 197 cm³/mol. The van der Waals surface area contributed by atoms with Crippen LogP contribution < -0.4 is 25.7 Å². The van der Waals surface area contributed by atoms with Gasteiger partial charge in [-0.3, -0.25) is 24.3 Å². The molecule has 51 heavy (non-hydrogen) atoms. The number of aromatic amines is 1. The van der Waals surface area contributed by atoms with E-state index in [1.54, 1.807) is 33.7 Å². The van der Waals surface area contributed by atoms with Gasteiger partial charge in [0.1, 0.15) is 22.8 Å². The van der Waals surface area contributed by atoms with E-state index in [-0.39, 0.29) is 35.5 Å². The Morgan fingerprint density at radius 3 is 2.41 bits per heavy atom. The lowest BCUT2D eigenvalue weighted by atomic mass is 9.89. The van der Waals surface area contributed by atoms with Crippen LogP contribution in [0.1, 0.15) is 68.4 Å². The van der Waals surface area contributed by atoms with Crippen molar-refractivity contribution in [1.82, 2.24) is 25.0 Å². The minimum Gasteiger partial charge on any atom is -0.496 e. The number of nitrogens with one attached hydrogen (secondary N) is 3. The SMILES string of the molecule is COc1cc(-c2cn(C)c(=O)c3[nH]ncc23)cc(OC)c1CCCC(=O)NCCCN1CCC(c2ccc(NC3CCC(=O)CC3=O)cc2)CC1. The van der Waals surface area contributed by atoms with Gasteiger partial charge in [-0.2, -0.15) is 5.10 Å². The van der Waals surface area contributed by atoms with E-state index in [0.717, 1.165) is 66.7 Å². The van der Waals surface area contributed by atoms with Gasteiger partial charge in [0.2, 0.25) is 5.91 Å². The average molecular weight is 697 g/mol. The van der Waals surface area contributed by atoms with E-state index in [1.165, 1.54) is 10.1 Å². The zero-order chi connectivity index (χ0) is 35.9. The molecule has 1 saturated heterocycles. The van der Waals surface area contributed by atoms with Gasteiger partial charge in [0.25, 0.3) is 5.56 Å². The second kappa shape index (κ2) is 16.4. The topological polar surface area (TPSA) is 148 Å². The number of hydrogen-bond donors (Lipinski definition) is 3. The number of Topliss-reactive ketones (excluding diaryl/α,β-unsaturated/α-hetero) is 2. The van der Waals surface area contributed by atoms with Gasteiger partial charge in [-0.1, -0.05) is 12.1 Å². The minimum atomic E-state index is -0.269. The summed E-state index contributed by atoms with van der Waals surface area (Å²) in [6.45, 7) is 3.66. The highest BCUT2D eigenvalue weighted by Gasteiger charge is 2.27. The summed E-state index contributed by atoms with van der Waals surface area (Å²) >= 11 is 0. The number of amides is 1. The largest absolute Gasteiger partial charge is 0.496 e. The fourth-order valence-corrected chi connectivity index (χ4v) is 7.38. The highest BCUT2D eigenvalue weighted by molar-refractivity contribution is 6.05. The van der Waals surface area contributed by atoms with Crippen molar-refractivity contribution in [1.29, 1.82) is 0 Å². The number of aromatic nitrogens is 3. The number of fused-ring (bicyclic) bond motifs is 1. The van der Waals surface area contributed by atoms with Crippen LogP contribution in [0.25, 0.3) is 22.0 Å². The number of nitrogens with zero attached hydrogens (tertiary/aromatic N) is 3. The second-order valence-electron chi connectivity index (χ2n) is 13.7. The first-order valence-corrected chi connectivity index (χ1v) is 17.9. The number of ketones is 2. The number of hydrogen-bond acceptors (Lipinski definition) is 9. The van der Waals surface area contributed by atoms with E-state index in [9.17, 15) is 19.2 Å². The van der Waals surface area contributed by atoms with E-state index in [1.807, 2.05) is 24.3 Å². The standard InChI is InChI=1S/C39H48N6O6/c1-44-24-32(31-23-41-43-38(31)39(44)49)27-20-35(50-2)30(36(21-27)51-3)6-4-7-37(48)40-16-5-17-45-18-14-26(15-19-45)25-8-10-28(11-9-25)42-33-13-12-29(46)22-34(33)47/h8-11,20-21,23-24,26,33,42H,4-7,12-19,22H2,1-3H3,(H,40,48)(H,41,43). The number of carbonyl (C=O) groups excluding carboxylic acids is 3. The summed E-state index contributed by atoms with van der Waals surface area (Å²) in [4.78, 5) is 51.4. The van der Waals surface area contributed by atoms with Crippen LogP contribution in [-0.4, -0.2) is 83.6 Å². The monoisotopic (exact) mass is 696 g/mol. The predicted octanol–water partition coefficient (Wildman–Crippen LogP) is 4.76. The number of benzene rings is 2. The molecule has 2 aromatic heterocycles. The first-order valence-electron chi connectivity index (χ1n) is 17.9. The maximum atomic E-state index is 12.7. The molecule has 4 aromatic rings. The van der Waals surface area contributed by atoms with Gasteiger partial charge in [0.15, 0.2) is 5.78 Å². The molecule has 1 unspecified atom stereocenters. The molecule has 6 rings (SSSR count). The number of ether oxygens (including phenoxy) is 2. The van der Waals surface area contributed by atoms with Crippen LogP contribution in [-0.2, 0) is 27.9 Å². The molecule has 12 nitrogen and oxygen atoms in total. The summed E-state index contributed by atoms with van der Waals surface area (Å²) in [7, 11) is 4.95. The minimum absolute atomic E-state index is 0.0135. The molecule has 270 valence electrons. The zero-order valence-corrected chi connectivity index (χ0v) is 29.8. The summed E-state index contributed by atoms with van der Waals surface area (Å²) in [6, 6.07) is 12.0. The van der Waals surface area contributed by atoms with E-state index < -0.39 is 0 Å². The van der Waals surface area contributed by atoms with Crippen molar-refractivity contribution >= 4 is 34.1 Å². The molecule has 2 aromatic carbocycles. The van der Waals surface area contributed by atoms with Crippen molar-refractivity contribution in [2.45, 2.75) is 69.7 Å². The van der Waals surface area contributed by atoms with Crippen LogP contribution in [0.4, 0.5) is 5.69 Å². The number of piperidine rings is 1. The van der Waals surface area contributed by atoms with Crippen molar-refractivity contribution in [3.05, 3.63) is 70.3 Å². The van der Waals surface area contributed by atoms with E-state index in [4.69, 9.17) is 9.47 Å². The van der Waals surface area contributed by atoms with Crippen molar-refractivity contribution in [2.24, 2.45) is 7.05 Å². The molecular formula is C39H48N6O6. The van der Waals surface area contributed by atoms with Gasteiger partial charge in [-0.25, -0.2) is 0 Å². The van der Waals surface area contributed by atoms with Gasteiger partial charge < -0.3 is 29.6 Å². The van der Waals surface area contributed by atoms with Crippen molar-refractivity contribution < 1.29 is 23.9 Å². The number of aryl methyl sites for hydroxylation is 1. The molecule has 3 N–H and O–H groups in total. The molecular weight excluding hydrogens is 648 g/mol. The van der Waals surface area contributed by atoms with Crippen LogP contribution >= 0.6 is 0 Å². The summed E-state index contributed by atoms with van der Waals surface area (Å²) in [5.41, 5.74) is 5.12. The summed E-state index contributed by atoms with van der Waals surface area (Å²) < 4.78 is 13.1. The Bertz CT molecular complexity index is 1900. The Hall–Kier alpha value is -4.97. The third kappa shape index (κ3) is 8.50. The van der Waals surface area contributed by atoms with Gasteiger partial charge >= 0.3 is 0 Å². The molecule has 1 amide bonds. The Morgan fingerprint density at radius 2 is 1.73 bits per heavy atom. The zero-order valence-electron chi connectivity index (χ0n) is 29.8. The number of pyridine rings is 1. The lowest BCUT2D eigenvalue weighted by Gasteiger charge is -2.32. The molecule has 0 spiro atoms. The second-order valence-corrected chi connectivity index (χ2v) is 13.7. The smallest absolute Gasteiger partial charge is 0.276 e. The molecule has 1 aliphatic heterocycles. The third-order valence-electron chi connectivity index (χ3n) is 10.3. The van der Waals surface area contributed by atoms with Gasteiger partial charge in [-0.15, -0.1) is 0 Å². The Balaban J connectivity index is 0.913. The average Bonchev–Trinajstić information content (AvgIpc) is 3.64. The fraction of sp³-hybridized carbons (Fsp3) is 0.462. The van der Waals surface area contributed by atoms with Crippen LogP contribution in [0.15, 0.2) is 53.6 Å². The lowest BCUT2D eigenvalue weighted by molar-refractivity contribution is -0.130. The number of likely N-dealkylation sites (tertiary alicyclic amines) is 1. The molecule has 0 bridgehead atoms. The maximum Gasteiger partial charge on any atom is 0.276 e. The van der Waals surface area contributed by atoms with E-state index in [0.29, 0.717) is 61.6 Å².